The van der Waals surface area contributed by atoms with E-state index in [1.165, 1.54) is 13.1 Å². The van der Waals surface area contributed by atoms with Crippen molar-refractivity contribution in [3.05, 3.63) is 0 Å². The Morgan fingerprint density at radius 2 is 1.71 bits per heavy atom. The van der Waals surface area contributed by atoms with Gasteiger partial charge < -0.3 is 4.57 Å². The third-order valence-corrected chi connectivity index (χ3v) is 3.13. The summed E-state index contributed by atoms with van der Waals surface area (Å²) < 4.78 is 2.51. The van der Waals surface area contributed by atoms with Gasteiger partial charge in [-0.05, 0) is 13.1 Å². The molecule has 0 aromatic rings. The molecule has 2 heteroatoms. The van der Waals surface area contributed by atoms with Crippen LogP contribution >= 0.6 is 0 Å². The van der Waals surface area contributed by atoms with Gasteiger partial charge >= 0.3 is 0 Å². The summed E-state index contributed by atoms with van der Waals surface area (Å²) in [6.45, 7) is 9.27. The van der Waals surface area contributed by atoms with E-state index in [4.69, 9.17) is 0 Å². The predicted molar refractivity (Wildman–Crippen MR) is 37.3 cm³/mol. The first kappa shape index (κ1) is 7.18. The van der Waals surface area contributed by atoms with E-state index in [0.29, 0.717) is 0 Å². The van der Waals surface area contributed by atoms with Crippen LogP contribution in [0.15, 0.2) is 0 Å². The first-order valence-electron chi connectivity index (χ1n) is 3.07. The molecule has 0 spiro atoms. The molecule has 0 atom stereocenters. The van der Waals surface area contributed by atoms with E-state index in [0.717, 1.165) is 0 Å². The van der Waals surface area contributed by atoms with Crippen LogP contribution in [0.4, 0.5) is 0 Å². The van der Waals surface area contributed by atoms with Gasteiger partial charge in [0.2, 0.25) is 0 Å². The molecular formula is C5H15NSi. The number of hydrogen-bond acceptors (Lipinski definition) is 1. The second-order valence-electron chi connectivity index (χ2n) is 1.62. The van der Waals surface area contributed by atoms with Gasteiger partial charge in [0.1, 0.15) is 0 Å². The van der Waals surface area contributed by atoms with Gasteiger partial charge in [-0.2, -0.15) is 0 Å². The zero-order chi connectivity index (χ0) is 5.70. The minimum atomic E-state index is 0.161. The molecule has 0 heterocycles. The molecule has 0 rings (SSSR count). The van der Waals surface area contributed by atoms with Crippen LogP contribution in [0.3, 0.4) is 0 Å². The van der Waals surface area contributed by atoms with Crippen LogP contribution in [0, 0.1) is 0 Å². The number of nitrogens with zero attached hydrogens (tertiary/aromatic N) is 1. The minimum absolute atomic E-state index is 0.161. The molecule has 0 saturated carbocycles. The smallest absolute Gasteiger partial charge is 0.0919 e. The molecule has 0 aliphatic carbocycles. The van der Waals surface area contributed by atoms with Crippen molar-refractivity contribution in [2.24, 2.45) is 0 Å². The maximum Gasteiger partial charge on any atom is 0.0919 e. The molecule has 0 amide bonds. The standard InChI is InChI=1S/C5H15NSi/c1-4-6(5-2)7-3/h4-5,7H2,1-3H3. The van der Waals surface area contributed by atoms with Crippen LogP contribution < -0.4 is 0 Å². The summed E-state index contributed by atoms with van der Waals surface area (Å²) in [5, 5.41) is 0. The molecule has 0 unspecified atom stereocenters. The lowest BCUT2D eigenvalue weighted by Crippen LogP contribution is -2.24. The van der Waals surface area contributed by atoms with Crippen LogP contribution in [0.2, 0.25) is 6.55 Å². The van der Waals surface area contributed by atoms with Crippen molar-refractivity contribution in [3.8, 4) is 0 Å². The molecule has 44 valence electrons. The maximum atomic E-state index is 2.51. The van der Waals surface area contributed by atoms with Crippen molar-refractivity contribution in [3.63, 3.8) is 0 Å². The monoisotopic (exact) mass is 117 g/mol. The highest BCUT2D eigenvalue weighted by Gasteiger charge is 1.89. The van der Waals surface area contributed by atoms with Gasteiger partial charge in [0.25, 0.3) is 0 Å². The minimum Gasteiger partial charge on any atom is -0.330 e. The van der Waals surface area contributed by atoms with E-state index in [1.54, 1.807) is 0 Å². The molecular weight excluding hydrogens is 102 g/mol. The molecule has 0 aromatic carbocycles. The molecule has 0 aliphatic rings. The summed E-state index contributed by atoms with van der Waals surface area (Å²) in [6.07, 6.45) is 0. The van der Waals surface area contributed by atoms with Crippen LogP contribution in [0.25, 0.3) is 0 Å². The molecule has 0 aliphatic heterocycles. The molecule has 0 radical (unpaired) electrons. The Labute approximate surface area is 48.6 Å². The lowest BCUT2D eigenvalue weighted by atomic mass is 10.7. The van der Waals surface area contributed by atoms with Crippen molar-refractivity contribution in [2.45, 2.75) is 20.4 Å². The molecule has 1 nitrogen and oxygen atoms in total. The third kappa shape index (κ3) is 2.82. The van der Waals surface area contributed by atoms with Gasteiger partial charge in [-0.3, -0.25) is 0 Å². The fourth-order valence-electron chi connectivity index (χ4n) is 0.671. The summed E-state index contributed by atoms with van der Waals surface area (Å²) in [5.74, 6) is 0. The van der Waals surface area contributed by atoms with Crippen molar-refractivity contribution >= 4 is 9.68 Å². The average Bonchev–Trinajstić information content (AvgIpc) is 1.72. The van der Waals surface area contributed by atoms with E-state index in [1.807, 2.05) is 0 Å². The highest BCUT2D eigenvalue weighted by atomic mass is 28.2. The normalized spacial score (nSPS) is 12.0. The fourth-order valence-corrected chi connectivity index (χ4v) is 1.57. The lowest BCUT2D eigenvalue weighted by Gasteiger charge is -2.13. The third-order valence-electron chi connectivity index (χ3n) is 1.34. The highest BCUT2D eigenvalue weighted by Crippen LogP contribution is 1.79. The Hall–Kier alpha value is 0.177. The zero-order valence-corrected chi connectivity index (χ0v) is 6.98. The van der Waals surface area contributed by atoms with Crippen LogP contribution in [0.5, 0.6) is 0 Å². The van der Waals surface area contributed by atoms with E-state index < -0.39 is 0 Å². The van der Waals surface area contributed by atoms with Gasteiger partial charge in [0.05, 0.1) is 9.68 Å². The second kappa shape index (κ2) is 4.34. The topological polar surface area (TPSA) is 3.24 Å². The number of hydrogen-bond donors (Lipinski definition) is 0. The Morgan fingerprint density at radius 3 is 1.71 bits per heavy atom. The van der Waals surface area contributed by atoms with E-state index in [2.05, 4.69) is 25.0 Å². The summed E-state index contributed by atoms with van der Waals surface area (Å²) in [6, 6.07) is 0. The van der Waals surface area contributed by atoms with Crippen molar-refractivity contribution in [1.29, 1.82) is 0 Å². The Balaban J connectivity index is 2.99. The molecule has 0 fully saturated rings. The highest BCUT2D eigenvalue weighted by molar-refractivity contribution is 6.29. The molecule has 0 N–H and O–H groups in total. The van der Waals surface area contributed by atoms with E-state index in [-0.39, 0.29) is 9.68 Å². The summed E-state index contributed by atoms with van der Waals surface area (Å²) in [7, 11) is 0.161. The summed E-state index contributed by atoms with van der Waals surface area (Å²) in [4.78, 5) is 0. The summed E-state index contributed by atoms with van der Waals surface area (Å²) >= 11 is 0. The summed E-state index contributed by atoms with van der Waals surface area (Å²) in [5.41, 5.74) is 0. The van der Waals surface area contributed by atoms with Crippen LogP contribution in [-0.2, 0) is 0 Å². The predicted octanol–water partition coefficient (Wildman–Crippen LogP) is 0.460. The first-order valence-corrected chi connectivity index (χ1v) is 5.12. The Bertz CT molecular complexity index is 29.6. The molecule has 0 aromatic heterocycles. The van der Waals surface area contributed by atoms with Gasteiger partial charge in [0, 0.05) is 0 Å². The fraction of sp³-hybridized carbons (Fsp3) is 1.00. The number of rotatable bonds is 3. The molecule has 0 bridgehead atoms. The van der Waals surface area contributed by atoms with Gasteiger partial charge in [-0.1, -0.05) is 20.4 Å². The van der Waals surface area contributed by atoms with Gasteiger partial charge in [-0.25, -0.2) is 0 Å². The Kier molecular flexibility index (Phi) is 4.45. The van der Waals surface area contributed by atoms with E-state index in [9.17, 15) is 0 Å². The van der Waals surface area contributed by atoms with Gasteiger partial charge in [-0.15, -0.1) is 0 Å². The quantitative estimate of drug-likeness (QED) is 0.485. The SMILES string of the molecule is CCN(CC)[SiH2]C. The largest absolute Gasteiger partial charge is 0.330 e. The first-order chi connectivity index (χ1) is 3.35. The molecule has 0 saturated heterocycles. The molecule has 7 heavy (non-hydrogen) atoms. The maximum absolute atomic E-state index is 2.51. The van der Waals surface area contributed by atoms with Crippen molar-refractivity contribution in [2.75, 3.05) is 13.1 Å². The van der Waals surface area contributed by atoms with Gasteiger partial charge in [0.15, 0.2) is 0 Å². The second-order valence-corrected chi connectivity index (χ2v) is 3.15. The average molecular weight is 117 g/mol. The zero-order valence-electron chi connectivity index (χ0n) is 5.57. The Morgan fingerprint density at radius 1 is 1.29 bits per heavy atom. The van der Waals surface area contributed by atoms with Crippen LogP contribution in [-0.4, -0.2) is 27.3 Å². The lowest BCUT2D eigenvalue weighted by molar-refractivity contribution is 0.496. The van der Waals surface area contributed by atoms with Crippen molar-refractivity contribution in [1.82, 2.24) is 4.57 Å². The van der Waals surface area contributed by atoms with Crippen LogP contribution in [0.1, 0.15) is 13.8 Å². The van der Waals surface area contributed by atoms with Crippen molar-refractivity contribution < 1.29 is 0 Å². The van der Waals surface area contributed by atoms with E-state index >= 15 is 0 Å².